The predicted molar refractivity (Wildman–Crippen MR) is 83.6 cm³/mol. The number of hydrogen-bond donors (Lipinski definition) is 0. The molecule has 0 bridgehead atoms. The number of hydrogen-bond acceptors (Lipinski definition) is 3. The summed E-state index contributed by atoms with van der Waals surface area (Å²) in [6, 6.07) is 11.6. The molecule has 23 heavy (non-hydrogen) atoms. The average molecular weight is 318 g/mol. The molecule has 1 aliphatic heterocycles. The van der Waals surface area contributed by atoms with Gasteiger partial charge < -0.3 is 4.90 Å². The highest BCUT2D eigenvalue weighted by Gasteiger charge is 2.26. The van der Waals surface area contributed by atoms with Gasteiger partial charge in [-0.2, -0.15) is 0 Å². The number of nitro benzene ring substituents is 1. The van der Waals surface area contributed by atoms with Gasteiger partial charge in [0, 0.05) is 13.1 Å². The molecule has 1 saturated heterocycles. The van der Waals surface area contributed by atoms with Crippen molar-refractivity contribution in [1.29, 1.82) is 0 Å². The van der Waals surface area contributed by atoms with E-state index < -0.39 is 22.2 Å². The van der Waals surface area contributed by atoms with Gasteiger partial charge in [0.05, 0.1) is 17.1 Å². The number of nitro groups is 1. The first kappa shape index (κ1) is 15.4. The number of piperidine rings is 1. The molecule has 0 amide bonds. The molecular weight excluding hydrogens is 302 g/mol. The average Bonchev–Trinajstić information content (AvgIpc) is 2.55. The summed E-state index contributed by atoms with van der Waals surface area (Å²) in [5, 5.41) is 10.7. The standard InChI is InChI=1S/C17H16F2N2O2/c18-15-10-14(21(22)23)11-16(19)17(15)20-8-6-13(7-9-20)12-4-2-1-3-5-12/h1-5,10-11,13H,6-9H2. The Morgan fingerprint density at radius 3 is 2.13 bits per heavy atom. The monoisotopic (exact) mass is 318 g/mol. The molecule has 0 aromatic heterocycles. The van der Waals surface area contributed by atoms with E-state index in [1.807, 2.05) is 18.2 Å². The largest absolute Gasteiger partial charge is 0.367 e. The first-order valence-corrected chi connectivity index (χ1v) is 7.49. The molecular formula is C17H16F2N2O2. The number of rotatable bonds is 3. The summed E-state index contributed by atoms with van der Waals surface area (Å²) in [5.41, 5.74) is 0.502. The Morgan fingerprint density at radius 1 is 1.04 bits per heavy atom. The molecule has 2 aromatic carbocycles. The molecule has 1 aliphatic rings. The third kappa shape index (κ3) is 3.16. The quantitative estimate of drug-likeness (QED) is 0.627. The second kappa shape index (κ2) is 6.32. The summed E-state index contributed by atoms with van der Waals surface area (Å²) < 4.78 is 28.2. The van der Waals surface area contributed by atoms with Crippen molar-refractivity contribution >= 4 is 11.4 Å². The maximum Gasteiger partial charge on any atom is 0.275 e. The van der Waals surface area contributed by atoms with E-state index in [4.69, 9.17) is 0 Å². The fourth-order valence-corrected chi connectivity index (χ4v) is 3.12. The van der Waals surface area contributed by atoms with Crippen LogP contribution in [-0.4, -0.2) is 18.0 Å². The zero-order chi connectivity index (χ0) is 16.4. The Kier molecular flexibility index (Phi) is 4.23. The molecule has 1 heterocycles. The fourth-order valence-electron chi connectivity index (χ4n) is 3.12. The summed E-state index contributed by atoms with van der Waals surface area (Å²) in [5.74, 6) is -1.39. The molecule has 1 fully saturated rings. The van der Waals surface area contributed by atoms with Gasteiger partial charge in [-0.15, -0.1) is 0 Å². The van der Waals surface area contributed by atoms with Gasteiger partial charge in [-0.1, -0.05) is 30.3 Å². The van der Waals surface area contributed by atoms with Gasteiger partial charge in [-0.25, -0.2) is 8.78 Å². The van der Waals surface area contributed by atoms with E-state index in [1.165, 1.54) is 5.56 Å². The van der Waals surface area contributed by atoms with Crippen LogP contribution in [0.15, 0.2) is 42.5 Å². The van der Waals surface area contributed by atoms with Gasteiger partial charge in [0.15, 0.2) is 11.6 Å². The molecule has 0 aliphatic carbocycles. The number of nitrogens with zero attached hydrogens (tertiary/aromatic N) is 2. The van der Waals surface area contributed by atoms with Crippen molar-refractivity contribution in [2.45, 2.75) is 18.8 Å². The Bertz CT molecular complexity index is 691. The highest BCUT2D eigenvalue weighted by atomic mass is 19.1. The van der Waals surface area contributed by atoms with Crippen molar-refractivity contribution in [3.05, 3.63) is 69.8 Å². The molecule has 2 aromatic rings. The van der Waals surface area contributed by atoms with Crippen LogP contribution < -0.4 is 4.90 Å². The van der Waals surface area contributed by atoms with Crippen LogP contribution >= 0.6 is 0 Å². The highest BCUT2D eigenvalue weighted by molar-refractivity contribution is 5.54. The van der Waals surface area contributed by atoms with E-state index in [0.717, 1.165) is 25.0 Å². The van der Waals surface area contributed by atoms with Crippen molar-refractivity contribution in [2.24, 2.45) is 0 Å². The van der Waals surface area contributed by atoms with Crippen LogP contribution in [0.4, 0.5) is 20.2 Å². The zero-order valence-electron chi connectivity index (χ0n) is 12.4. The van der Waals surface area contributed by atoms with Crippen molar-refractivity contribution in [1.82, 2.24) is 0 Å². The molecule has 0 spiro atoms. The number of non-ortho nitro benzene ring substituents is 1. The molecule has 6 heteroatoms. The fraction of sp³-hybridized carbons (Fsp3) is 0.294. The lowest BCUT2D eigenvalue weighted by Gasteiger charge is -2.34. The smallest absolute Gasteiger partial charge is 0.275 e. The van der Waals surface area contributed by atoms with Crippen LogP contribution in [0.5, 0.6) is 0 Å². The molecule has 4 nitrogen and oxygen atoms in total. The lowest BCUT2D eigenvalue weighted by atomic mass is 9.89. The summed E-state index contributed by atoms with van der Waals surface area (Å²) >= 11 is 0. The molecule has 0 radical (unpaired) electrons. The summed E-state index contributed by atoms with van der Waals surface area (Å²) in [4.78, 5) is 11.5. The van der Waals surface area contributed by atoms with Crippen molar-refractivity contribution in [3.8, 4) is 0 Å². The molecule has 0 N–H and O–H groups in total. The lowest BCUT2D eigenvalue weighted by molar-refractivity contribution is -0.385. The highest BCUT2D eigenvalue weighted by Crippen LogP contribution is 2.34. The van der Waals surface area contributed by atoms with Gasteiger partial charge in [0.25, 0.3) is 5.69 Å². The van der Waals surface area contributed by atoms with E-state index in [9.17, 15) is 18.9 Å². The second-order valence-corrected chi connectivity index (χ2v) is 5.69. The zero-order valence-corrected chi connectivity index (χ0v) is 12.4. The summed E-state index contributed by atoms with van der Waals surface area (Å²) in [7, 11) is 0. The van der Waals surface area contributed by atoms with Crippen LogP contribution in [0.3, 0.4) is 0 Å². The minimum Gasteiger partial charge on any atom is -0.367 e. The number of halogens is 2. The minimum atomic E-state index is -0.880. The normalized spacial score (nSPS) is 15.7. The Morgan fingerprint density at radius 2 is 1.61 bits per heavy atom. The van der Waals surface area contributed by atoms with Gasteiger partial charge in [0.2, 0.25) is 0 Å². The predicted octanol–water partition coefficient (Wildman–Crippen LogP) is 4.26. The first-order chi connectivity index (χ1) is 11.1. The van der Waals surface area contributed by atoms with Crippen LogP contribution in [0.2, 0.25) is 0 Å². The van der Waals surface area contributed by atoms with E-state index in [1.54, 1.807) is 4.90 Å². The van der Waals surface area contributed by atoms with E-state index in [2.05, 4.69) is 12.1 Å². The topological polar surface area (TPSA) is 46.4 Å². The van der Waals surface area contributed by atoms with Crippen LogP contribution in [0.1, 0.15) is 24.3 Å². The summed E-state index contributed by atoms with van der Waals surface area (Å²) in [6.45, 7) is 1.04. The lowest BCUT2D eigenvalue weighted by Crippen LogP contribution is -2.34. The third-order valence-electron chi connectivity index (χ3n) is 4.29. The molecule has 0 saturated carbocycles. The van der Waals surface area contributed by atoms with Gasteiger partial charge >= 0.3 is 0 Å². The maximum atomic E-state index is 14.1. The molecule has 120 valence electrons. The SMILES string of the molecule is O=[N+]([O-])c1cc(F)c(N2CCC(c3ccccc3)CC2)c(F)c1. The number of benzene rings is 2. The van der Waals surface area contributed by atoms with Crippen molar-refractivity contribution in [2.75, 3.05) is 18.0 Å². The Labute approximate surface area is 132 Å². The van der Waals surface area contributed by atoms with E-state index >= 15 is 0 Å². The first-order valence-electron chi connectivity index (χ1n) is 7.49. The van der Waals surface area contributed by atoms with E-state index in [0.29, 0.717) is 19.0 Å². The van der Waals surface area contributed by atoms with Crippen LogP contribution in [0.25, 0.3) is 0 Å². The van der Waals surface area contributed by atoms with Gasteiger partial charge in [0.1, 0.15) is 5.69 Å². The molecule has 0 unspecified atom stereocenters. The van der Waals surface area contributed by atoms with E-state index in [-0.39, 0.29) is 5.69 Å². The molecule has 3 rings (SSSR count). The van der Waals surface area contributed by atoms with Crippen LogP contribution in [-0.2, 0) is 0 Å². The van der Waals surface area contributed by atoms with Crippen molar-refractivity contribution < 1.29 is 13.7 Å². The Balaban J connectivity index is 1.76. The Hall–Kier alpha value is -2.50. The minimum absolute atomic E-state index is 0.165. The van der Waals surface area contributed by atoms with Gasteiger partial charge in [-0.05, 0) is 24.3 Å². The van der Waals surface area contributed by atoms with Crippen molar-refractivity contribution in [3.63, 3.8) is 0 Å². The summed E-state index contributed by atoms with van der Waals surface area (Å²) in [6.07, 6.45) is 1.58. The number of anilines is 1. The van der Waals surface area contributed by atoms with Gasteiger partial charge in [-0.3, -0.25) is 10.1 Å². The van der Waals surface area contributed by atoms with Crippen LogP contribution in [0, 0.1) is 21.7 Å². The third-order valence-corrected chi connectivity index (χ3v) is 4.29. The second-order valence-electron chi connectivity index (χ2n) is 5.69. The molecule has 0 atom stereocenters. The maximum absolute atomic E-state index is 14.1.